The van der Waals surface area contributed by atoms with Crippen molar-refractivity contribution in [2.45, 2.75) is 59.0 Å². The van der Waals surface area contributed by atoms with Crippen molar-refractivity contribution in [1.82, 2.24) is 4.98 Å². The van der Waals surface area contributed by atoms with Crippen molar-refractivity contribution >= 4 is 5.82 Å². The molecule has 20 heavy (non-hydrogen) atoms. The highest BCUT2D eigenvalue weighted by molar-refractivity contribution is 5.46. The highest BCUT2D eigenvalue weighted by Gasteiger charge is 2.24. The normalized spacial score (nSPS) is 12.3. The SMILES string of the molecule is C=CCN(c1cc(CN)cc(C(C)(C)C)n1)C(C)(C)C. The number of pyridine rings is 1. The Kier molecular flexibility index (Phi) is 4.98. The van der Waals surface area contributed by atoms with Gasteiger partial charge >= 0.3 is 0 Å². The van der Waals surface area contributed by atoms with Crippen LogP contribution in [-0.2, 0) is 12.0 Å². The Labute approximate surface area is 123 Å². The van der Waals surface area contributed by atoms with E-state index in [0.717, 1.165) is 23.6 Å². The minimum absolute atomic E-state index is 0.0104. The van der Waals surface area contributed by atoms with Crippen LogP contribution in [0.3, 0.4) is 0 Å². The van der Waals surface area contributed by atoms with E-state index in [2.05, 4.69) is 65.2 Å². The number of hydrogen-bond donors (Lipinski definition) is 1. The van der Waals surface area contributed by atoms with Gasteiger partial charge in [0, 0.05) is 29.7 Å². The predicted molar refractivity (Wildman–Crippen MR) is 88.1 cm³/mol. The van der Waals surface area contributed by atoms with Gasteiger partial charge in [0.1, 0.15) is 5.82 Å². The second-order valence-corrected chi connectivity index (χ2v) is 7.24. The fourth-order valence-corrected chi connectivity index (χ4v) is 2.05. The average Bonchev–Trinajstić information content (AvgIpc) is 2.32. The zero-order valence-corrected chi connectivity index (χ0v) is 13.8. The van der Waals surface area contributed by atoms with Crippen LogP contribution < -0.4 is 10.6 Å². The molecule has 112 valence electrons. The zero-order chi connectivity index (χ0) is 15.6. The molecule has 1 aromatic rings. The molecule has 0 radical (unpaired) electrons. The van der Waals surface area contributed by atoms with Gasteiger partial charge in [-0.2, -0.15) is 0 Å². The summed E-state index contributed by atoms with van der Waals surface area (Å²) in [5.41, 5.74) is 8.05. The van der Waals surface area contributed by atoms with E-state index in [1.807, 2.05) is 6.08 Å². The Morgan fingerprint density at radius 3 is 2.20 bits per heavy atom. The lowest BCUT2D eigenvalue weighted by Gasteiger charge is -2.37. The van der Waals surface area contributed by atoms with Crippen LogP contribution in [0.5, 0.6) is 0 Å². The maximum Gasteiger partial charge on any atom is 0.129 e. The molecule has 0 aromatic carbocycles. The van der Waals surface area contributed by atoms with Crippen LogP contribution in [0.15, 0.2) is 24.8 Å². The Morgan fingerprint density at radius 2 is 1.80 bits per heavy atom. The molecule has 1 heterocycles. The molecule has 0 aliphatic carbocycles. The summed E-state index contributed by atoms with van der Waals surface area (Å²) in [7, 11) is 0. The summed E-state index contributed by atoms with van der Waals surface area (Å²) in [6, 6.07) is 4.20. The van der Waals surface area contributed by atoms with Crippen LogP contribution in [0, 0.1) is 0 Å². The van der Waals surface area contributed by atoms with Gasteiger partial charge in [-0.05, 0) is 38.5 Å². The van der Waals surface area contributed by atoms with Crippen LogP contribution in [0.1, 0.15) is 52.8 Å². The highest BCUT2D eigenvalue weighted by Crippen LogP contribution is 2.28. The Bertz CT molecular complexity index is 464. The van der Waals surface area contributed by atoms with Crippen LogP contribution in [0.2, 0.25) is 0 Å². The van der Waals surface area contributed by atoms with E-state index in [0.29, 0.717) is 6.54 Å². The number of rotatable bonds is 4. The van der Waals surface area contributed by atoms with E-state index in [-0.39, 0.29) is 11.0 Å². The number of nitrogens with zero attached hydrogens (tertiary/aromatic N) is 2. The Hall–Kier alpha value is -1.35. The number of anilines is 1. The molecule has 0 atom stereocenters. The number of hydrogen-bond acceptors (Lipinski definition) is 3. The van der Waals surface area contributed by atoms with E-state index in [1.165, 1.54) is 0 Å². The maximum atomic E-state index is 5.85. The molecule has 0 aliphatic heterocycles. The second kappa shape index (κ2) is 5.96. The summed E-state index contributed by atoms with van der Waals surface area (Å²) in [6.07, 6.45) is 1.92. The molecule has 1 rings (SSSR count). The van der Waals surface area contributed by atoms with E-state index < -0.39 is 0 Å². The van der Waals surface area contributed by atoms with Crippen molar-refractivity contribution in [3.05, 3.63) is 36.0 Å². The molecule has 2 N–H and O–H groups in total. The highest BCUT2D eigenvalue weighted by atomic mass is 15.2. The third-order valence-electron chi connectivity index (χ3n) is 3.27. The minimum Gasteiger partial charge on any atom is -0.348 e. The molecule has 3 heteroatoms. The van der Waals surface area contributed by atoms with E-state index >= 15 is 0 Å². The van der Waals surface area contributed by atoms with Gasteiger partial charge in [0.25, 0.3) is 0 Å². The first-order chi connectivity index (χ1) is 9.09. The molecule has 0 amide bonds. The smallest absolute Gasteiger partial charge is 0.129 e. The monoisotopic (exact) mass is 275 g/mol. The van der Waals surface area contributed by atoms with E-state index in [9.17, 15) is 0 Å². The van der Waals surface area contributed by atoms with Crippen molar-refractivity contribution in [2.75, 3.05) is 11.4 Å². The summed E-state index contributed by atoms with van der Waals surface area (Å²) < 4.78 is 0. The molecule has 3 nitrogen and oxygen atoms in total. The first-order valence-corrected chi connectivity index (χ1v) is 7.19. The van der Waals surface area contributed by atoms with Gasteiger partial charge in [0.05, 0.1) is 0 Å². The van der Waals surface area contributed by atoms with E-state index in [4.69, 9.17) is 10.7 Å². The molecule has 0 saturated heterocycles. The van der Waals surface area contributed by atoms with Crippen LogP contribution in [0.4, 0.5) is 5.82 Å². The van der Waals surface area contributed by atoms with E-state index in [1.54, 1.807) is 0 Å². The molecule has 0 aliphatic rings. The van der Waals surface area contributed by atoms with Crippen LogP contribution in [-0.4, -0.2) is 17.1 Å². The molecule has 0 saturated carbocycles. The molecule has 0 bridgehead atoms. The van der Waals surface area contributed by atoms with Crippen molar-refractivity contribution in [1.29, 1.82) is 0 Å². The number of aromatic nitrogens is 1. The van der Waals surface area contributed by atoms with Gasteiger partial charge in [-0.1, -0.05) is 26.8 Å². The third kappa shape index (κ3) is 4.07. The molecular weight excluding hydrogens is 246 g/mol. The lowest BCUT2D eigenvalue weighted by molar-refractivity contribution is 0.510. The topological polar surface area (TPSA) is 42.1 Å². The van der Waals surface area contributed by atoms with Gasteiger partial charge in [-0.3, -0.25) is 0 Å². The van der Waals surface area contributed by atoms with Crippen LogP contribution >= 0.6 is 0 Å². The van der Waals surface area contributed by atoms with Gasteiger partial charge in [0.2, 0.25) is 0 Å². The minimum atomic E-state index is -0.0104. The van der Waals surface area contributed by atoms with Gasteiger partial charge in [0.15, 0.2) is 0 Å². The van der Waals surface area contributed by atoms with Crippen molar-refractivity contribution < 1.29 is 0 Å². The fourth-order valence-electron chi connectivity index (χ4n) is 2.05. The van der Waals surface area contributed by atoms with Crippen molar-refractivity contribution in [3.8, 4) is 0 Å². The van der Waals surface area contributed by atoms with Gasteiger partial charge < -0.3 is 10.6 Å². The Balaban J connectivity index is 3.38. The maximum absolute atomic E-state index is 5.85. The molecular formula is C17H29N3. The second-order valence-electron chi connectivity index (χ2n) is 7.24. The Morgan fingerprint density at radius 1 is 1.20 bits per heavy atom. The molecule has 1 aromatic heterocycles. The van der Waals surface area contributed by atoms with Gasteiger partial charge in [-0.15, -0.1) is 6.58 Å². The first-order valence-electron chi connectivity index (χ1n) is 7.19. The third-order valence-corrected chi connectivity index (χ3v) is 3.27. The lowest BCUT2D eigenvalue weighted by atomic mass is 9.90. The molecule has 0 spiro atoms. The summed E-state index contributed by atoms with van der Waals surface area (Å²) in [5.74, 6) is 0.977. The summed E-state index contributed by atoms with van der Waals surface area (Å²) in [5, 5.41) is 0. The van der Waals surface area contributed by atoms with Crippen LogP contribution in [0.25, 0.3) is 0 Å². The lowest BCUT2D eigenvalue weighted by Crippen LogP contribution is -2.42. The summed E-state index contributed by atoms with van der Waals surface area (Å²) >= 11 is 0. The summed E-state index contributed by atoms with van der Waals surface area (Å²) in [4.78, 5) is 7.12. The van der Waals surface area contributed by atoms with Gasteiger partial charge in [-0.25, -0.2) is 4.98 Å². The predicted octanol–water partition coefficient (Wildman–Crippen LogP) is 3.63. The fraction of sp³-hybridized carbons (Fsp3) is 0.588. The summed E-state index contributed by atoms with van der Waals surface area (Å²) in [6.45, 7) is 18.2. The zero-order valence-electron chi connectivity index (χ0n) is 13.8. The quantitative estimate of drug-likeness (QED) is 0.853. The standard InChI is InChI=1S/C17H29N3/c1-8-9-20(17(5,6)7)15-11-13(12-18)10-14(19-15)16(2,3)4/h8,10-11H,1,9,12,18H2,2-7H3. The molecule has 0 fully saturated rings. The first kappa shape index (κ1) is 16.7. The number of nitrogens with two attached hydrogens (primary N) is 1. The van der Waals surface area contributed by atoms with Crippen molar-refractivity contribution in [2.24, 2.45) is 5.73 Å². The molecule has 0 unspecified atom stereocenters. The average molecular weight is 275 g/mol. The largest absolute Gasteiger partial charge is 0.348 e. The van der Waals surface area contributed by atoms with Crippen molar-refractivity contribution in [3.63, 3.8) is 0 Å².